The van der Waals surface area contributed by atoms with Gasteiger partial charge in [-0.05, 0) is 37.1 Å². The van der Waals surface area contributed by atoms with Crippen molar-refractivity contribution in [3.63, 3.8) is 0 Å². The van der Waals surface area contributed by atoms with Crippen molar-refractivity contribution in [2.45, 2.75) is 37.1 Å². The highest BCUT2D eigenvalue weighted by Crippen LogP contribution is 2.23. The van der Waals surface area contributed by atoms with Crippen LogP contribution in [0.2, 0.25) is 0 Å². The normalized spacial score (nSPS) is 12.4. The molecule has 0 unspecified atom stereocenters. The van der Waals surface area contributed by atoms with Crippen LogP contribution in [0.4, 0.5) is 0 Å². The van der Waals surface area contributed by atoms with E-state index in [2.05, 4.69) is 20.7 Å². The Morgan fingerprint density at radius 2 is 1.74 bits per heavy atom. The summed E-state index contributed by atoms with van der Waals surface area (Å²) in [7, 11) is -1.97. The molecule has 1 aromatic rings. The standard InChI is InChI=1S/C13H20BrNO3S/c1-4-13(5-2,10-14)15-19(16,17)12-8-6-11(18-3)7-9-12/h6-9,15H,4-5,10H2,1-3H3. The fraction of sp³-hybridized carbons (Fsp3) is 0.538. The summed E-state index contributed by atoms with van der Waals surface area (Å²) in [5.74, 6) is 0.636. The quantitative estimate of drug-likeness (QED) is 0.770. The van der Waals surface area contributed by atoms with Gasteiger partial charge in [0.15, 0.2) is 0 Å². The fourth-order valence-electron chi connectivity index (χ4n) is 1.71. The molecule has 6 heteroatoms. The molecule has 0 amide bonds. The Morgan fingerprint density at radius 3 is 2.11 bits per heavy atom. The van der Waals surface area contributed by atoms with Crippen LogP contribution in [0.3, 0.4) is 0 Å². The van der Waals surface area contributed by atoms with Crippen molar-refractivity contribution in [3.05, 3.63) is 24.3 Å². The molecule has 19 heavy (non-hydrogen) atoms. The highest BCUT2D eigenvalue weighted by atomic mass is 79.9. The van der Waals surface area contributed by atoms with E-state index in [1.807, 2.05) is 13.8 Å². The molecular weight excluding hydrogens is 330 g/mol. The lowest BCUT2D eigenvalue weighted by molar-refractivity contribution is 0.398. The number of nitrogens with one attached hydrogen (secondary N) is 1. The number of rotatable bonds is 7. The fourth-order valence-corrected chi connectivity index (χ4v) is 4.37. The third kappa shape index (κ3) is 3.94. The van der Waals surface area contributed by atoms with E-state index in [0.29, 0.717) is 11.1 Å². The minimum atomic E-state index is -3.51. The highest BCUT2D eigenvalue weighted by Gasteiger charge is 2.31. The summed E-state index contributed by atoms with van der Waals surface area (Å²) in [6.07, 6.45) is 1.45. The van der Waals surface area contributed by atoms with Crippen molar-refractivity contribution in [3.8, 4) is 5.75 Å². The van der Waals surface area contributed by atoms with Crippen molar-refractivity contribution in [1.82, 2.24) is 4.72 Å². The SMILES string of the molecule is CCC(CC)(CBr)NS(=O)(=O)c1ccc(OC)cc1. The van der Waals surface area contributed by atoms with E-state index >= 15 is 0 Å². The van der Waals surface area contributed by atoms with Gasteiger partial charge in [-0.2, -0.15) is 0 Å². The van der Waals surface area contributed by atoms with E-state index in [4.69, 9.17) is 4.74 Å². The molecule has 0 saturated heterocycles. The molecule has 0 atom stereocenters. The van der Waals surface area contributed by atoms with E-state index in [1.165, 1.54) is 0 Å². The van der Waals surface area contributed by atoms with Crippen LogP contribution in [0, 0.1) is 0 Å². The smallest absolute Gasteiger partial charge is 0.241 e. The van der Waals surface area contributed by atoms with Crippen LogP contribution in [-0.4, -0.2) is 26.4 Å². The Bertz CT molecular complexity index is 487. The Hall–Kier alpha value is -0.590. The van der Waals surface area contributed by atoms with Crippen molar-refractivity contribution < 1.29 is 13.2 Å². The van der Waals surface area contributed by atoms with Gasteiger partial charge >= 0.3 is 0 Å². The molecule has 0 fully saturated rings. The topological polar surface area (TPSA) is 55.4 Å². The summed E-state index contributed by atoms with van der Waals surface area (Å²) >= 11 is 3.39. The maximum atomic E-state index is 12.4. The first-order valence-electron chi connectivity index (χ1n) is 6.17. The number of benzene rings is 1. The van der Waals surface area contributed by atoms with E-state index in [1.54, 1.807) is 31.4 Å². The third-order valence-electron chi connectivity index (χ3n) is 3.33. The second kappa shape index (κ2) is 6.72. The summed E-state index contributed by atoms with van der Waals surface area (Å²) in [4.78, 5) is 0.250. The molecule has 0 aliphatic heterocycles. The van der Waals surface area contributed by atoms with E-state index in [-0.39, 0.29) is 4.90 Å². The van der Waals surface area contributed by atoms with E-state index < -0.39 is 15.6 Å². The number of ether oxygens (including phenoxy) is 1. The molecule has 0 aliphatic rings. The summed E-state index contributed by atoms with van der Waals surface area (Å²) < 4.78 is 32.5. The molecule has 4 nitrogen and oxygen atoms in total. The van der Waals surface area contributed by atoms with Gasteiger partial charge in [-0.15, -0.1) is 0 Å². The summed E-state index contributed by atoms with van der Waals surface area (Å²) in [6.45, 7) is 3.95. The summed E-state index contributed by atoms with van der Waals surface area (Å²) in [5.41, 5.74) is -0.446. The van der Waals surface area contributed by atoms with Gasteiger partial charge in [0.1, 0.15) is 5.75 Å². The Kier molecular flexibility index (Phi) is 5.82. The van der Waals surface area contributed by atoms with Gasteiger partial charge in [-0.3, -0.25) is 0 Å². The average Bonchev–Trinajstić information content (AvgIpc) is 2.45. The van der Waals surface area contributed by atoms with Crippen LogP contribution in [0.25, 0.3) is 0 Å². The van der Waals surface area contributed by atoms with Gasteiger partial charge in [0.25, 0.3) is 0 Å². The molecule has 0 bridgehead atoms. The van der Waals surface area contributed by atoms with E-state index in [9.17, 15) is 8.42 Å². The van der Waals surface area contributed by atoms with Gasteiger partial charge in [-0.25, -0.2) is 13.1 Å². The Labute approximate surface area is 123 Å². The molecule has 1 aromatic carbocycles. The van der Waals surface area contributed by atoms with Crippen LogP contribution < -0.4 is 9.46 Å². The molecule has 1 N–H and O–H groups in total. The van der Waals surface area contributed by atoms with Gasteiger partial charge in [0.2, 0.25) is 10.0 Å². The Morgan fingerprint density at radius 1 is 1.21 bits per heavy atom. The number of halogens is 1. The second-order valence-electron chi connectivity index (χ2n) is 4.40. The maximum Gasteiger partial charge on any atom is 0.241 e. The monoisotopic (exact) mass is 349 g/mol. The maximum absolute atomic E-state index is 12.4. The van der Waals surface area contributed by atoms with Crippen LogP contribution in [0.15, 0.2) is 29.2 Å². The number of alkyl halides is 1. The van der Waals surface area contributed by atoms with Crippen LogP contribution in [0.1, 0.15) is 26.7 Å². The molecule has 0 aliphatic carbocycles. The first-order chi connectivity index (χ1) is 8.93. The molecule has 0 heterocycles. The number of hydrogen-bond donors (Lipinski definition) is 1. The van der Waals surface area contributed by atoms with Gasteiger partial charge in [0, 0.05) is 10.9 Å². The lowest BCUT2D eigenvalue weighted by Crippen LogP contribution is -2.48. The minimum absolute atomic E-state index is 0.250. The molecular formula is C13H20BrNO3S. The third-order valence-corrected chi connectivity index (χ3v) is 6.00. The molecule has 0 radical (unpaired) electrons. The summed E-state index contributed by atoms with van der Waals surface area (Å²) in [6, 6.07) is 6.38. The van der Waals surface area contributed by atoms with Crippen molar-refractivity contribution in [2.75, 3.05) is 12.4 Å². The zero-order valence-corrected chi connectivity index (χ0v) is 13.8. The van der Waals surface area contributed by atoms with Crippen LogP contribution >= 0.6 is 15.9 Å². The van der Waals surface area contributed by atoms with E-state index in [0.717, 1.165) is 12.8 Å². The zero-order valence-electron chi connectivity index (χ0n) is 11.4. The number of sulfonamides is 1. The first-order valence-corrected chi connectivity index (χ1v) is 8.77. The number of hydrogen-bond acceptors (Lipinski definition) is 3. The molecule has 0 saturated carbocycles. The second-order valence-corrected chi connectivity index (χ2v) is 6.65. The zero-order chi connectivity index (χ0) is 14.5. The minimum Gasteiger partial charge on any atom is -0.497 e. The van der Waals surface area contributed by atoms with Crippen molar-refractivity contribution in [2.24, 2.45) is 0 Å². The average molecular weight is 350 g/mol. The summed E-state index contributed by atoms with van der Waals surface area (Å²) in [5, 5.41) is 0.586. The molecule has 108 valence electrons. The van der Waals surface area contributed by atoms with Gasteiger partial charge < -0.3 is 4.74 Å². The lowest BCUT2D eigenvalue weighted by atomic mass is 9.97. The van der Waals surface area contributed by atoms with Gasteiger partial charge in [0.05, 0.1) is 12.0 Å². The first kappa shape index (κ1) is 16.5. The van der Waals surface area contributed by atoms with Crippen molar-refractivity contribution in [1.29, 1.82) is 0 Å². The van der Waals surface area contributed by atoms with Crippen LogP contribution in [0.5, 0.6) is 5.75 Å². The van der Waals surface area contributed by atoms with Crippen molar-refractivity contribution >= 4 is 26.0 Å². The van der Waals surface area contributed by atoms with Crippen LogP contribution in [-0.2, 0) is 10.0 Å². The predicted octanol–water partition coefficient (Wildman–Crippen LogP) is 2.93. The Balaban J connectivity index is 3.03. The molecule has 0 aromatic heterocycles. The number of methoxy groups -OCH3 is 1. The predicted molar refractivity (Wildman–Crippen MR) is 80.4 cm³/mol. The highest BCUT2D eigenvalue weighted by molar-refractivity contribution is 9.09. The largest absolute Gasteiger partial charge is 0.497 e. The molecule has 0 spiro atoms. The molecule has 1 rings (SSSR count). The van der Waals surface area contributed by atoms with Gasteiger partial charge in [-0.1, -0.05) is 29.8 Å². The lowest BCUT2D eigenvalue weighted by Gasteiger charge is -2.30.